The summed E-state index contributed by atoms with van der Waals surface area (Å²) in [5, 5.41) is 5.86. The van der Waals surface area contributed by atoms with Gasteiger partial charge in [-0.05, 0) is 37.5 Å². The van der Waals surface area contributed by atoms with Crippen LogP contribution in [0.2, 0.25) is 0 Å². The highest BCUT2D eigenvalue weighted by Gasteiger charge is 2.57. The number of hydrogen-bond acceptors (Lipinski definition) is 4. The number of nitrogens with one attached hydrogen (secondary N) is 2. The predicted molar refractivity (Wildman–Crippen MR) is 84.4 cm³/mol. The minimum Gasteiger partial charge on any atom is -0.491 e. The Morgan fingerprint density at radius 1 is 1.39 bits per heavy atom. The van der Waals surface area contributed by atoms with Crippen LogP contribution in [0.25, 0.3) is 0 Å². The average molecular weight is 315 g/mol. The number of amides is 2. The SMILES string of the molecule is NC1CC(NC(=O)c2ccc3c(c2)C(=O)NCCO3)C12CCC2. The molecule has 2 unspecified atom stereocenters. The zero-order chi connectivity index (χ0) is 16.0. The Kier molecular flexibility index (Phi) is 3.30. The fourth-order valence-corrected chi connectivity index (χ4v) is 3.97. The van der Waals surface area contributed by atoms with E-state index >= 15 is 0 Å². The van der Waals surface area contributed by atoms with Gasteiger partial charge >= 0.3 is 0 Å². The fraction of sp³-hybridized carbons (Fsp3) is 0.529. The number of carbonyl (C=O) groups is 2. The molecule has 6 nitrogen and oxygen atoms in total. The van der Waals surface area contributed by atoms with Gasteiger partial charge in [0.05, 0.1) is 12.1 Å². The number of hydrogen-bond donors (Lipinski definition) is 3. The molecule has 0 aromatic heterocycles. The second-order valence-electron chi connectivity index (χ2n) is 6.77. The molecule has 1 spiro atoms. The summed E-state index contributed by atoms with van der Waals surface area (Å²) >= 11 is 0. The molecule has 4 rings (SSSR count). The van der Waals surface area contributed by atoms with Gasteiger partial charge in [0.1, 0.15) is 12.4 Å². The highest BCUT2D eigenvalue weighted by molar-refractivity contribution is 6.01. The first kappa shape index (κ1) is 14.5. The summed E-state index contributed by atoms with van der Waals surface area (Å²) in [5.41, 5.74) is 7.14. The van der Waals surface area contributed by atoms with Crippen molar-refractivity contribution in [3.8, 4) is 5.75 Å². The molecule has 2 amide bonds. The van der Waals surface area contributed by atoms with Gasteiger partial charge in [0.15, 0.2) is 0 Å². The average Bonchev–Trinajstić information content (AvgIpc) is 2.66. The van der Waals surface area contributed by atoms with E-state index in [1.165, 1.54) is 6.42 Å². The van der Waals surface area contributed by atoms with Crippen LogP contribution >= 0.6 is 0 Å². The van der Waals surface area contributed by atoms with Crippen LogP contribution in [0, 0.1) is 5.41 Å². The van der Waals surface area contributed by atoms with Crippen molar-refractivity contribution in [1.82, 2.24) is 10.6 Å². The van der Waals surface area contributed by atoms with Crippen LogP contribution in [0.15, 0.2) is 18.2 Å². The zero-order valence-corrected chi connectivity index (χ0v) is 12.9. The maximum Gasteiger partial charge on any atom is 0.255 e. The quantitative estimate of drug-likeness (QED) is 0.753. The van der Waals surface area contributed by atoms with E-state index < -0.39 is 0 Å². The molecule has 6 heteroatoms. The predicted octanol–water partition coefficient (Wildman–Crippen LogP) is 0.808. The van der Waals surface area contributed by atoms with E-state index in [4.69, 9.17) is 10.5 Å². The van der Waals surface area contributed by atoms with E-state index in [0.29, 0.717) is 30.0 Å². The molecule has 1 aromatic carbocycles. The standard InChI is InChI=1S/C17H21N3O3/c18-13-9-14(17(13)4-1-5-17)20-15(21)10-2-3-12-11(8-10)16(22)19-6-7-23-12/h2-3,8,13-14H,1,4-7,9,18H2,(H,19,22)(H,20,21). The van der Waals surface area contributed by atoms with Gasteiger partial charge in [0.2, 0.25) is 0 Å². The Morgan fingerprint density at radius 3 is 2.91 bits per heavy atom. The minimum atomic E-state index is -0.201. The normalized spacial score (nSPS) is 27.6. The molecule has 122 valence electrons. The molecule has 3 aliphatic rings. The smallest absolute Gasteiger partial charge is 0.255 e. The van der Waals surface area contributed by atoms with Gasteiger partial charge in [0, 0.05) is 23.1 Å². The van der Waals surface area contributed by atoms with Gasteiger partial charge in [-0.1, -0.05) is 6.42 Å². The highest BCUT2D eigenvalue weighted by atomic mass is 16.5. The Balaban J connectivity index is 1.52. The van der Waals surface area contributed by atoms with E-state index in [-0.39, 0.29) is 29.3 Å². The third-order valence-electron chi connectivity index (χ3n) is 5.64. The number of fused-ring (bicyclic) bond motifs is 1. The van der Waals surface area contributed by atoms with Crippen molar-refractivity contribution in [2.45, 2.75) is 37.8 Å². The summed E-state index contributed by atoms with van der Waals surface area (Å²) in [7, 11) is 0. The summed E-state index contributed by atoms with van der Waals surface area (Å²) in [6.07, 6.45) is 4.22. The van der Waals surface area contributed by atoms with Crippen molar-refractivity contribution in [3.05, 3.63) is 29.3 Å². The van der Waals surface area contributed by atoms with Gasteiger partial charge in [-0.2, -0.15) is 0 Å². The molecule has 2 atom stereocenters. The lowest BCUT2D eigenvalue weighted by Crippen LogP contribution is -2.69. The van der Waals surface area contributed by atoms with Crippen LogP contribution in [0.4, 0.5) is 0 Å². The van der Waals surface area contributed by atoms with E-state index in [9.17, 15) is 9.59 Å². The number of rotatable bonds is 2. The van der Waals surface area contributed by atoms with Crippen LogP contribution in [-0.4, -0.2) is 37.0 Å². The largest absolute Gasteiger partial charge is 0.491 e. The first-order valence-electron chi connectivity index (χ1n) is 8.22. The lowest BCUT2D eigenvalue weighted by Gasteiger charge is -2.60. The molecule has 0 radical (unpaired) electrons. The van der Waals surface area contributed by atoms with Gasteiger partial charge in [-0.15, -0.1) is 0 Å². The molecule has 1 heterocycles. The van der Waals surface area contributed by atoms with Gasteiger partial charge in [-0.25, -0.2) is 0 Å². The fourth-order valence-electron chi connectivity index (χ4n) is 3.97. The lowest BCUT2D eigenvalue weighted by molar-refractivity contribution is -0.0389. The molecule has 2 saturated carbocycles. The summed E-state index contributed by atoms with van der Waals surface area (Å²) in [6.45, 7) is 0.907. The van der Waals surface area contributed by atoms with E-state index in [2.05, 4.69) is 10.6 Å². The Bertz CT molecular complexity index is 669. The third-order valence-corrected chi connectivity index (χ3v) is 5.64. The molecule has 4 N–H and O–H groups in total. The Labute approximate surface area is 134 Å². The number of nitrogens with two attached hydrogens (primary N) is 1. The topological polar surface area (TPSA) is 93.5 Å². The second kappa shape index (κ2) is 5.23. The lowest BCUT2D eigenvalue weighted by atomic mass is 9.50. The van der Waals surface area contributed by atoms with Gasteiger partial charge in [0.25, 0.3) is 11.8 Å². The Morgan fingerprint density at radius 2 is 2.22 bits per heavy atom. The van der Waals surface area contributed by atoms with Crippen LogP contribution in [0.1, 0.15) is 46.4 Å². The van der Waals surface area contributed by atoms with Crippen molar-refractivity contribution in [1.29, 1.82) is 0 Å². The molecule has 0 bridgehead atoms. The van der Waals surface area contributed by atoms with Crippen LogP contribution in [0.5, 0.6) is 5.75 Å². The molecule has 1 aliphatic heterocycles. The molecule has 23 heavy (non-hydrogen) atoms. The number of ether oxygens (including phenoxy) is 1. The van der Waals surface area contributed by atoms with E-state index in [1.54, 1.807) is 18.2 Å². The molecule has 1 aromatic rings. The monoisotopic (exact) mass is 315 g/mol. The summed E-state index contributed by atoms with van der Waals surface area (Å²) in [4.78, 5) is 24.6. The minimum absolute atomic E-state index is 0.113. The van der Waals surface area contributed by atoms with E-state index in [1.807, 2.05) is 0 Å². The summed E-state index contributed by atoms with van der Waals surface area (Å²) < 4.78 is 5.51. The molecular weight excluding hydrogens is 294 g/mol. The Hall–Kier alpha value is -2.08. The number of benzene rings is 1. The second-order valence-corrected chi connectivity index (χ2v) is 6.77. The van der Waals surface area contributed by atoms with Crippen molar-refractivity contribution >= 4 is 11.8 Å². The molecule has 0 saturated heterocycles. The van der Waals surface area contributed by atoms with Crippen LogP contribution in [0.3, 0.4) is 0 Å². The number of carbonyl (C=O) groups excluding carboxylic acids is 2. The van der Waals surface area contributed by atoms with Crippen LogP contribution < -0.4 is 21.1 Å². The summed E-state index contributed by atoms with van der Waals surface area (Å²) in [5.74, 6) is 0.180. The first-order valence-corrected chi connectivity index (χ1v) is 8.22. The van der Waals surface area contributed by atoms with Crippen molar-refractivity contribution in [3.63, 3.8) is 0 Å². The van der Waals surface area contributed by atoms with Gasteiger partial charge in [-0.3, -0.25) is 9.59 Å². The maximum absolute atomic E-state index is 12.5. The molecule has 2 fully saturated rings. The van der Waals surface area contributed by atoms with E-state index in [0.717, 1.165) is 19.3 Å². The maximum atomic E-state index is 12.5. The van der Waals surface area contributed by atoms with Gasteiger partial charge < -0.3 is 21.1 Å². The first-order chi connectivity index (χ1) is 11.1. The zero-order valence-electron chi connectivity index (χ0n) is 12.9. The highest BCUT2D eigenvalue weighted by Crippen LogP contribution is 2.55. The third kappa shape index (κ3) is 2.20. The molecule has 2 aliphatic carbocycles. The summed E-state index contributed by atoms with van der Waals surface area (Å²) in [6, 6.07) is 5.37. The van der Waals surface area contributed by atoms with Crippen molar-refractivity contribution in [2.24, 2.45) is 11.1 Å². The van der Waals surface area contributed by atoms with Crippen molar-refractivity contribution < 1.29 is 14.3 Å². The van der Waals surface area contributed by atoms with Crippen molar-refractivity contribution in [2.75, 3.05) is 13.2 Å². The van der Waals surface area contributed by atoms with Crippen LogP contribution in [-0.2, 0) is 0 Å². The molecular formula is C17H21N3O3.